The van der Waals surface area contributed by atoms with Crippen molar-refractivity contribution >= 4 is 0 Å². The molecule has 2 aromatic rings. The minimum absolute atomic E-state index is 0.205. The molecule has 4 heteroatoms. The van der Waals surface area contributed by atoms with Gasteiger partial charge in [-0.15, -0.1) is 0 Å². The predicted molar refractivity (Wildman–Crippen MR) is 74.1 cm³/mol. The Morgan fingerprint density at radius 1 is 1.10 bits per heavy atom. The van der Waals surface area contributed by atoms with Gasteiger partial charge in [0.25, 0.3) is 0 Å². The van der Waals surface area contributed by atoms with E-state index in [1.807, 2.05) is 25.1 Å². The van der Waals surface area contributed by atoms with Crippen molar-refractivity contribution in [1.82, 2.24) is 0 Å². The van der Waals surface area contributed by atoms with Gasteiger partial charge in [-0.05, 0) is 54.4 Å². The number of hydrogen-bond donors (Lipinski definition) is 2. The van der Waals surface area contributed by atoms with Gasteiger partial charge in [0, 0.05) is 0 Å². The van der Waals surface area contributed by atoms with Crippen LogP contribution < -0.4 is 4.74 Å². The van der Waals surface area contributed by atoms with Gasteiger partial charge in [-0.25, -0.2) is 0 Å². The molecular weight excluding hydrogens is 256 g/mol. The van der Waals surface area contributed by atoms with Crippen LogP contribution in [0.2, 0.25) is 0 Å². The molecule has 1 aliphatic rings. The first-order valence-electron chi connectivity index (χ1n) is 6.45. The smallest absolute Gasteiger partial charge is 0.136 e. The zero-order valence-corrected chi connectivity index (χ0v) is 11.2. The number of hydrogen-bond acceptors (Lipinski definition) is 4. The van der Waals surface area contributed by atoms with Crippen molar-refractivity contribution in [2.24, 2.45) is 0 Å². The van der Waals surface area contributed by atoms with Gasteiger partial charge in [-0.3, -0.25) is 0 Å². The monoisotopic (exact) mass is 272 g/mol. The third-order valence-electron chi connectivity index (χ3n) is 3.46. The van der Waals surface area contributed by atoms with E-state index >= 15 is 0 Å². The second kappa shape index (κ2) is 4.81. The molecule has 4 nitrogen and oxygen atoms in total. The Labute approximate surface area is 117 Å². The van der Waals surface area contributed by atoms with Gasteiger partial charge in [0.05, 0.1) is 13.2 Å². The van der Waals surface area contributed by atoms with Crippen LogP contribution in [-0.4, -0.2) is 23.4 Å². The van der Waals surface area contributed by atoms with Crippen molar-refractivity contribution in [3.05, 3.63) is 53.6 Å². The SMILES string of the molecule is Cc1cc(C2(O)COC2)ccc1Oc1ccc(O)cc1. The van der Waals surface area contributed by atoms with Gasteiger partial charge in [-0.1, -0.05) is 6.07 Å². The fourth-order valence-corrected chi connectivity index (χ4v) is 2.16. The van der Waals surface area contributed by atoms with E-state index in [-0.39, 0.29) is 5.75 Å². The normalized spacial score (nSPS) is 16.5. The van der Waals surface area contributed by atoms with Crippen molar-refractivity contribution in [2.75, 3.05) is 13.2 Å². The number of rotatable bonds is 3. The van der Waals surface area contributed by atoms with Gasteiger partial charge in [0.15, 0.2) is 0 Å². The van der Waals surface area contributed by atoms with Crippen LogP contribution in [0.15, 0.2) is 42.5 Å². The summed E-state index contributed by atoms with van der Waals surface area (Å²) in [4.78, 5) is 0. The van der Waals surface area contributed by atoms with Crippen molar-refractivity contribution in [1.29, 1.82) is 0 Å². The Balaban J connectivity index is 1.82. The fourth-order valence-electron chi connectivity index (χ4n) is 2.16. The molecule has 0 aliphatic carbocycles. The van der Waals surface area contributed by atoms with Crippen molar-refractivity contribution in [2.45, 2.75) is 12.5 Å². The molecule has 1 saturated heterocycles. The minimum Gasteiger partial charge on any atom is -0.508 e. The summed E-state index contributed by atoms with van der Waals surface area (Å²) >= 11 is 0. The lowest BCUT2D eigenvalue weighted by molar-refractivity contribution is -0.184. The van der Waals surface area contributed by atoms with Gasteiger partial charge < -0.3 is 19.7 Å². The molecule has 0 bridgehead atoms. The number of aromatic hydroxyl groups is 1. The topological polar surface area (TPSA) is 58.9 Å². The second-order valence-electron chi connectivity index (χ2n) is 5.10. The van der Waals surface area contributed by atoms with Gasteiger partial charge in [0.1, 0.15) is 22.8 Å². The summed E-state index contributed by atoms with van der Waals surface area (Å²) in [5.74, 6) is 1.59. The summed E-state index contributed by atoms with van der Waals surface area (Å²) < 4.78 is 10.8. The van der Waals surface area contributed by atoms with E-state index in [9.17, 15) is 10.2 Å². The van der Waals surface area contributed by atoms with Crippen LogP contribution in [0.1, 0.15) is 11.1 Å². The summed E-state index contributed by atoms with van der Waals surface area (Å²) in [5.41, 5.74) is 0.928. The van der Waals surface area contributed by atoms with E-state index in [4.69, 9.17) is 9.47 Å². The highest BCUT2D eigenvalue weighted by Crippen LogP contribution is 2.33. The molecule has 1 heterocycles. The highest BCUT2D eigenvalue weighted by molar-refractivity contribution is 5.42. The highest BCUT2D eigenvalue weighted by Gasteiger charge is 2.38. The molecule has 2 N–H and O–H groups in total. The number of aliphatic hydroxyl groups is 1. The van der Waals surface area contributed by atoms with Crippen LogP contribution in [0.4, 0.5) is 0 Å². The molecule has 1 aliphatic heterocycles. The molecule has 0 radical (unpaired) electrons. The third-order valence-corrected chi connectivity index (χ3v) is 3.46. The second-order valence-corrected chi connectivity index (χ2v) is 5.10. The molecule has 20 heavy (non-hydrogen) atoms. The Hall–Kier alpha value is -2.04. The lowest BCUT2D eigenvalue weighted by Gasteiger charge is -2.37. The first-order chi connectivity index (χ1) is 9.57. The molecule has 104 valence electrons. The van der Waals surface area contributed by atoms with E-state index in [1.54, 1.807) is 24.3 Å². The van der Waals surface area contributed by atoms with Crippen LogP contribution in [0.5, 0.6) is 17.2 Å². The third kappa shape index (κ3) is 2.35. The van der Waals surface area contributed by atoms with Crippen LogP contribution in [0, 0.1) is 6.92 Å². The lowest BCUT2D eigenvalue weighted by atomic mass is 9.91. The highest BCUT2D eigenvalue weighted by atomic mass is 16.5. The van der Waals surface area contributed by atoms with E-state index in [2.05, 4.69) is 0 Å². The predicted octanol–water partition coefficient (Wildman–Crippen LogP) is 2.71. The number of phenolic OH excluding ortho intramolecular Hbond substituents is 1. The van der Waals surface area contributed by atoms with Crippen LogP contribution in [0.25, 0.3) is 0 Å². The Bertz CT molecular complexity index is 615. The van der Waals surface area contributed by atoms with Crippen LogP contribution in [-0.2, 0) is 10.3 Å². The summed E-state index contributed by atoms with van der Waals surface area (Å²) in [6, 6.07) is 12.2. The van der Waals surface area contributed by atoms with E-state index in [0.717, 1.165) is 16.9 Å². The molecule has 0 unspecified atom stereocenters. The largest absolute Gasteiger partial charge is 0.508 e. The molecule has 0 spiro atoms. The molecule has 3 rings (SSSR count). The first-order valence-corrected chi connectivity index (χ1v) is 6.45. The maximum atomic E-state index is 10.2. The van der Waals surface area contributed by atoms with E-state index in [0.29, 0.717) is 19.0 Å². The molecule has 0 aromatic heterocycles. The zero-order valence-electron chi connectivity index (χ0n) is 11.2. The Morgan fingerprint density at radius 3 is 2.35 bits per heavy atom. The minimum atomic E-state index is -0.859. The molecule has 2 aromatic carbocycles. The summed E-state index contributed by atoms with van der Waals surface area (Å²) in [7, 11) is 0. The zero-order chi connectivity index (χ0) is 14.2. The average molecular weight is 272 g/mol. The lowest BCUT2D eigenvalue weighted by Crippen LogP contribution is -2.46. The number of ether oxygens (including phenoxy) is 2. The van der Waals surface area contributed by atoms with Crippen molar-refractivity contribution < 1.29 is 19.7 Å². The maximum absolute atomic E-state index is 10.2. The van der Waals surface area contributed by atoms with Crippen molar-refractivity contribution in [3.8, 4) is 17.2 Å². The van der Waals surface area contributed by atoms with Gasteiger partial charge in [-0.2, -0.15) is 0 Å². The number of aryl methyl sites for hydroxylation is 1. The Kier molecular flexibility index (Phi) is 3.12. The molecule has 0 saturated carbocycles. The van der Waals surface area contributed by atoms with Gasteiger partial charge in [0.2, 0.25) is 0 Å². The molecular formula is C16H16O4. The first kappa shape index (κ1) is 13.0. The van der Waals surface area contributed by atoms with Crippen LogP contribution >= 0.6 is 0 Å². The van der Waals surface area contributed by atoms with E-state index in [1.165, 1.54) is 0 Å². The fraction of sp³-hybridized carbons (Fsp3) is 0.250. The summed E-state index contributed by atoms with van der Waals surface area (Å²) in [6.45, 7) is 2.61. The van der Waals surface area contributed by atoms with Gasteiger partial charge >= 0.3 is 0 Å². The molecule has 0 atom stereocenters. The quantitative estimate of drug-likeness (QED) is 0.902. The van der Waals surface area contributed by atoms with Crippen molar-refractivity contribution in [3.63, 3.8) is 0 Å². The number of benzene rings is 2. The average Bonchev–Trinajstić information content (AvgIpc) is 2.41. The Morgan fingerprint density at radius 2 is 1.80 bits per heavy atom. The summed E-state index contributed by atoms with van der Waals surface area (Å²) in [5, 5.41) is 19.5. The standard InChI is InChI=1S/C16H16O4/c1-11-8-12(16(18)9-19-10-16)2-7-15(11)20-14-5-3-13(17)4-6-14/h2-8,17-18H,9-10H2,1H3. The number of phenols is 1. The van der Waals surface area contributed by atoms with E-state index < -0.39 is 5.60 Å². The molecule has 0 amide bonds. The van der Waals surface area contributed by atoms with Crippen LogP contribution in [0.3, 0.4) is 0 Å². The molecule has 1 fully saturated rings. The maximum Gasteiger partial charge on any atom is 0.136 e. The summed E-state index contributed by atoms with van der Waals surface area (Å²) in [6.07, 6.45) is 0.